The summed E-state index contributed by atoms with van der Waals surface area (Å²) in [5.41, 5.74) is 2.14. The van der Waals surface area contributed by atoms with Gasteiger partial charge in [0.2, 0.25) is 5.91 Å². The molecule has 0 fully saturated rings. The van der Waals surface area contributed by atoms with E-state index < -0.39 is 5.41 Å². The highest BCUT2D eigenvalue weighted by Crippen LogP contribution is 2.24. The first-order valence-corrected chi connectivity index (χ1v) is 10.2. The average molecular weight is 416 g/mol. The van der Waals surface area contributed by atoms with E-state index in [4.69, 9.17) is 0 Å². The molecule has 5 heteroatoms. The van der Waals surface area contributed by atoms with Gasteiger partial charge in [-0.15, -0.1) is 0 Å². The molecule has 5 nitrogen and oxygen atoms in total. The monoisotopic (exact) mass is 415 g/mol. The molecule has 31 heavy (non-hydrogen) atoms. The minimum Gasteiger partial charge on any atom is -0.378 e. The van der Waals surface area contributed by atoms with Gasteiger partial charge in [-0.1, -0.05) is 69.3 Å². The second kappa shape index (κ2) is 9.04. The predicted molar refractivity (Wildman–Crippen MR) is 129 cm³/mol. The molecule has 0 bridgehead atoms. The van der Waals surface area contributed by atoms with E-state index in [0.717, 1.165) is 22.0 Å². The van der Waals surface area contributed by atoms with Crippen LogP contribution < -0.4 is 15.5 Å². The van der Waals surface area contributed by atoms with Crippen molar-refractivity contribution in [2.24, 2.45) is 5.41 Å². The lowest BCUT2D eigenvalue weighted by molar-refractivity contribution is -0.128. The minimum absolute atomic E-state index is 0.200. The Hall–Kier alpha value is -3.60. The largest absolute Gasteiger partial charge is 0.378 e. The second-order valence-electron chi connectivity index (χ2n) is 8.73. The maximum Gasteiger partial charge on any atom is 0.272 e. The van der Waals surface area contributed by atoms with Crippen LogP contribution in [0.5, 0.6) is 0 Å². The molecule has 0 saturated heterocycles. The number of hydrogen-bond acceptors (Lipinski definition) is 3. The molecule has 3 aromatic rings. The molecular formula is C26H29N3O2. The number of amides is 2. The number of carbonyl (C=O) groups is 2. The lowest BCUT2D eigenvalue weighted by Crippen LogP contribution is -2.38. The number of fused-ring (bicyclic) bond motifs is 1. The van der Waals surface area contributed by atoms with E-state index >= 15 is 0 Å². The van der Waals surface area contributed by atoms with E-state index in [2.05, 4.69) is 10.6 Å². The Morgan fingerprint density at radius 2 is 1.52 bits per heavy atom. The summed E-state index contributed by atoms with van der Waals surface area (Å²) in [5.74, 6) is -0.595. The van der Waals surface area contributed by atoms with Crippen molar-refractivity contribution < 1.29 is 9.59 Å². The number of rotatable bonds is 5. The highest BCUT2D eigenvalue weighted by molar-refractivity contribution is 6.12. The number of benzene rings is 3. The summed E-state index contributed by atoms with van der Waals surface area (Å²) in [6, 6.07) is 21.4. The van der Waals surface area contributed by atoms with E-state index in [1.54, 1.807) is 6.08 Å². The first-order chi connectivity index (χ1) is 14.6. The van der Waals surface area contributed by atoms with Crippen molar-refractivity contribution in [2.45, 2.75) is 20.8 Å². The highest BCUT2D eigenvalue weighted by atomic mass is 16.2. The molecule has 0 radical (unpaired) electrons. The van der Waals surface area contributed by atoms with Crippen LogP contribution in [0, 0.1) is 5.41 Å². The first kappa shape index (κ1) is 22.1. The van der Waals surface area contributed by atoms with Gasteiger partial charge >= 0.3 is 0 Å². The number of nitrogens with one attached hydrogen (secondary N) is 2. The lowest BCUT2D eigenvalue weighted by Gasteiger charge is -2.19. The molecule has 3 aromatic carbocycles. The van der Waals surface area contributed by atoms with Gasteiger partial charge in [-0.2, -0.15) is 0 Å². The van der Waals surface area contributed by atoms with E-state index in [1.807, 2.05) is 106 Å². The molecule has 160 valence electrons. The van der Waals surface area contributed by atoms with E-state index in [0.29, 0.717) is 5.69 Å². The summed E-state index contributed by atoms with van der Waals surface area (Å²) in [4.78, 5) is 27.8. The Bertz CT molecular complexity index is 1120. The van der Waals surface area contributed by atoms with Crippen LogP contribution in [0.4, 0.5) is 11.4 Å². The zero-order chi connectivity index (χ0) is 22.6. The van der Waals surface area contributed by atoms with Gasteiger partial charge < -0.3 is 15.5 Å². The van der Waals surface area contributed by atoms with Gasteiger partial charge in [0.05, 0.1) is 0 Å². The lowest BCUT2D eigenvalue weighted by atomic mass is 9.95. The Kier molecular flexibility index (Phi) is 6.44. The predicted octanol–water partition coefficient (Wildman–Crippen LogP) is 5.05. The van der Waals surface area contributed by atoms with Crippen LogP contribution in [0.2, 0.25) is 0 Å². The fourth-order valence-electron chi connectivity index (χ4n) is 3.03. The van der Waals surface area contributed by atoms with Crippen LogP contribution in [-0.4, -0.2) is 25.9 Å². The molecule has 0 aliphatic carbocycles. The minimum atomic E-state index is -0.631. The maximum atomic E-state index is 13.2. The highest BCUT2D eigenvalue weighted by Gasteiger charge is 2.24. The standard InChI is InChI=1S/C26H29N3O2/c1-26(2,3)25(31)28-23(17-18-13-15-20(16-14-18)29(4)5)24(30)27-22-12-8-10-19-9-6-7-11-21(19)22/h6-17H,1-5H3,(H,27,30)(H,28,31)/b23-17+. The fourth-order valence-corrected chi connectivity index (χ4v) is 3.03. The van der Waals surface area contributed by atoms with Crippen molar-refractivity contribution in [1.29, 1.82) is 0 Å². The normalized spacial score (nSPS) is 11.8. The first-order valence-electron chi connectivity index (χ1n) is 10.2. The molecule has 0 unspecified atom stereocenters. The molecule has 0 atom stereocenters. The summed E-state index contributed by atoms with van der Waals surface area (Å²) in [6.07, 6.45) is 1.70. The fraction of sp³-hybridized carbons (Fsp3) is 0.231. The zero-order valence-corrected chi connectivity index (χ0v) is 18.7. The molecule has 0 spiro atoms. The molecule has 0 aliphatic heterocycles. The second-order valence-corrected chi connectivity index (χ2v) is 8.73. The smallest absolute Gasteiger partial charge is 0.272 e. The molecule has 2 amide bonds. The molecule has 0 saturated carbocycles. The van der Waals surface area contributed by atoms with Gasteiger partial charge in [0.25, 0.3) is 5.91 Å². The van der Waals surface area contributed by atoms with Gasteiger partial charge in [0.1, 0.15) is 5.70 Å². The Morgan fingerprint density at radius 1 is 0.871 bits per heavy atom. The van der Waals surface area contributed by atoms with Crippen LogP contribution in [-0.2, 0) is 9.59 Å². The van der Waals surface area contributed by atoms with Gasteiger partial charge in [-0.05, 0) is 35.2 Å². The zero-order valence-electron chi connectivity index (χ0n) is 18.7. The maximum absolute atomic E-state index is 13.2. The van der Waals surface area contributed by atoms with Crippen molar-refractivity contribution in [3.63, 3.8) is 0 Å². The summed E-state index contributed by atoms with van der Waals surface area (Å²) >= 11 is 0. The van der Waals surface area contributed by atoms with Crippen LogP contribution in [0.15, 0.2) is 72.4 Å². The van der Waals surface area contributed by atoms with E-state index in [9.17, 15) is 9.59 Å². The van der Waals surface area contributed by atoms with Gasteiger partial charge in [-0.25, -0.2) is 0 Å². The molecule has 2 N–H and O–H groups in total. The van der Waals surface area contributed by atoms with Crippen LogP contribution in [0.3, 0.4) is 0 Å². The molecular weight excluding hydrogens is 386 g/mol. The molecule has 0 aliphatic rings. The van der Waals surface area contributed by atoms with Gasteiger partial charge in [0.15, 0.2) is 0 Å². The Morgan fingerprint density at radius 3 is 2.16 bits per heavy atom. The van der Waals surface area contributed by atoms with E-state index in [-0.39, 0.29) is 17.5 Å². The topological polar surface area (TPSA) is 61.4 Å². The summed E-state index contributed by atoms with van der Waals surface area (Å²) in [7, 11) is 3.94. The Balaban J connectivity index is 1.94. The third-order valence-electron chi connectivity index (χ3n) is 4.93. The van der Waals surface area contributed by atoms with Crippen LogP contribution in [0.1, 0.15) is 26.3 Å². The third-order valence-corrected chi connectivity index (χ3v) is 4.93. The van der Waals surface area contributed by atoms with Crippen molar-refractivity contribution in [3.05, 3.63) is 78.0 Å². The molecule has 3 rings (SSSR count). The quantitative estimate of drug-likeness (QED) is 0.574. The number of anilines is 2. The average Bonchev–Trinajstić information content (AvgIpc) is 2.73. The SMILES string of the molecule is CN(C)c1ccc(/C=C(/NC(=O)C(C)(C)C)C(=O)Nc2cccc3ccccc23)cc1. The van der Waals surface area contributed by atoms with Crippen molar-refractivity contribution in [2.75, 3.05) is 24.3 Å². The summed E-state index contributed by atoms with van der Waals surface area (Å²) < 4.78 is 0. The molecule has 0 aromatic heterocycles. The van der Waals surface area contributed by atoms with Crippen molar-refractivity contribution >= 4 is 40.0 Å². The van der Waals surface area contributed by atoms with Gasteiger partial charge in [0, 0.05) is 36.3 Å². The van der Waals surface area contributed by atoms with Gasteiger partial charge in [-0.3, -0.25) is 9.59 Å². The van der Waals surface area contributed by atoms with Crippen LogP contribution >= 0.6 is 0 Å². The Labute approximate surface area is 183 Å². The summed E-state index contributed by atoms with van der Waals surface area (Å²) in [5, 5.41) is 7.74. The van der Waals surface area contributed by atoms with Crippen LogP contribution in [0.25, 0.3) is 16.8 Å². The van der Waals surface area contributed by atoms with E-state index in [1.165, 1.54) is 0 Å². The van der Waals surface area contributed by atoms with Crippen molar-refractivity contribution in [1.82, 2.24) is 5.32 Å². The molecule has 0 heterocycles. The number of hydrogen-bond donors (Lipinski definition) is 2. The van der Waals surface area contributed by atoms with Crippen molar-refractivity contribution in [3.8, 4) is 0 Å². The summed E-state index contributed by atoms with van der Waals surface area (Å²) in [6.45, 7) is 5.44. The third kappa shape index (κ3) is 5.51. The number of nitrogens with zero attached hydrogens (tertiary/aromatic N) is 1. The number of carbonyl (C=O) groups excluding carboxylic acids is 2.